The van der Waals surface area contributed by atoms with Gasteiger partial charge in [-0.25, -0.2) is 0 Å². The maximum atomic E-state index is 5.93. The van der Waals surface area contributed by atoms with Gasteiger partial charge in [0.1, 0.15) is 0 Å². The van der Waals surface area contributed by atoms with Gasteiger partial charge in [0, 0.05) is 5.54 Å². The second kappa shape index (κ2) is 6.70. The summed E-state index contributed by atoms with van der Waals surface area (Å²) >= 11 is 0. The summed E-state index contributed by atoms with van der Waals surface area (Å²) < 4.78 is 0. The number of hydrogen-bond donors (Lipinski definition) is 2. The number of hydrazine groups is 1. The van der Waals surface area contributed by atoms with Crippen molar-refractivity contribution in [1.82, 2.24) is 10.3 Å². The number of aryl methyl sites for hydroxylation is 1. The number of hydrogen-bond acceptors (Lipinski definition) is 3. The first-order valence-corrected chi connectivity index (χ1v) is 7.84. The monoisotopic (exact) mass is 275 g/mol. The number of benzene rings is 1. The molecule has 1 aromatic rings. The summed E-state index contributed by atoms with van der Waals surface area (Å²) in [6.45, 7) is 9.15. The van der Waals surface area contributed by atoms with Crippen LogP contribution in [0, 0.1) is 6.92 Å². The Morgan fingerprint density at radius 3 is 2.25 bits per heavy atom. The van der Waals surface area contributed by atoms with E-state index >= 15 is 0 Å². The summed E-state index contributed by atoms with van der Waals surface area (Å²) in [6.07, 6.45) is 5.32. The van der Waals surface area contributed by atoms with Crippen molar-refractivity contribution >= 4 is 0 Å². The summed E-state index contributed by atoms with van der Waals surface area (Å²) in [6, 6.07) is 8.70. The second-order valence-corrected chi connectivity index (χ2v) is 6.51. The van der Waals surface area contributed by atoms with E-state index in [-0.39, 0.29) is 11.6 Å². The topological polar surface area (TPSA) is 41.3 Å². The van der Waals surface area contributed by atoms with Gasteiger partial charge >= 0.3 is 0 Å². The Morgan fingerprint density at radius 2 is 1.70 bits per heavy atom. The molecule has 0 spiro atoms. The van der Waals surface area contributed by atoms with E-state index in [1.165, 1.54) is 49.9 Å². The maximum absolute atomic E-state index is 5.93. The van der Waals surface area contributed by atoms with Crippen molar-refractivity contribution in [2.24, 2.45) is 5.84 Å². The Bertz CT molecular complexity index is 420. The van der Waals surface area contributed by atoms with E-state index in [0.717, 1.165) is 0 Å². The van der Waals surface area contributed by atoms with E-state index in [4.69, 9.17) is 5.84 Å². The third-order valence-electron chi connectivity index (χ3n) is 4.79. The minimum Gasteiger partial charge on any atom is -0.296 e. The first-order chi connectivity index (χ1) is 9.57. The molecule has 1 unspecified atom stereocenters. The highest BCUT2D eigenvalue weighted by Gasteiger charge is 2.36. The maximum Gasteiger partial charge on any atom is 0.0641 e. The first kappa shape index (κ1) is 15.5. The average molecular weight is 275 g/mol. The third-order valence-corrected chi connectivity index (χ3v) is 4.79. The molecule has 0 aliphatic carbocycles. The van der Waals surface area contributed by atoms with Gasteiger partial charge in [-0.1, -0.05) is 37.1 Å². The highest BCUT2D eigenvalue weighted by atomic mass is 15.3. The average Bonchev–Trinajstić information content (AvgIpc) is 2.71. The fraction of sp³-hybridized carbons (Fsp3) is 0.647. The van der Waals surface area contributed by atoms with Crippen LogP contribution in [0.3, 0.4) is 0 Å². The van der Waals surface area contributed by atoms with Crippen LogP contribution in [0.1, 0.15) is 56.7 Å². The van der Waals surface area contributed by atoms with Gasteiger partial charge < -0.3 is 0 Å². The lowest BCUT2D eigenvalue weighted by Gasteiger charge is -2.44. The van der Waals surface area contributed by atoms with E-state index in [1.807, 2.05) is 0 Å². The normalized spacial score (nSPS) is 19.6. The highest BCUT2D eigenvalue weighted by molar-refractivity contribution is 5.31. The van der Waals surface area contributed by atoms with Crippen molar-refractivity contribution in [3.63, 3.8) is 0 Å². The third kappa shape index (κ3) is 3.22. The summed E-state index contributed by atoms with van der Waals surface area (Å²) in [7, 11) is 0. The lowest BCUT2D eigenvalue weighted by Crippen LogP contribution is -2.54. The molecule has 3 heteroatoms. The molecule has 2 rings (SSSR count). The van der Waals surface area contributed by atoms with Crippen LogP contribution in [0.5, 0.6) is 0 Å². The Balaban J connectivity index is 2.26. The Kier molecular flexibility index (Phi) is 5.19. The Morgan fingerprint density at radius 1 is 1.10 bits per heavy atom. The zero-order chi connectivity index (χ0) is 14.6. The molecule has 1 atom stereocenters. The summed E-state index contributed by atoms with van der Waals surface area (Å²) in [5, 5.41) is 0. The van der Waals surface area contributed by atoms with Crippen molar-refractivity contribution in [2.75, 3.05) is 13.1 Å². The molecule has 1 aliphatic rings. The van der Waals surface area contributed by atoms with Crippen molar-refractivity contribution in [2.45, 2.75) is 58.0 Å². The molecule has 0 saturated carbocycles. The fourth-order valence-corrected chi connectivity index (χ4v) is 3.41. The molecule has 0 aromatic heterocycles. The van der Waals surface area contributed by atoms with E-state index in [9.17, 15) is 0 Å². The largest absolute Gasteiger partial charge is 0.296 e. The number of likely N-dealkylation sites (tertiary alicyclic amines) is 1. The molecule has 1 aromatic carbocycles. The lowest BCUT2D eigenvalue weighted by atomic mass is 9.85. The molecule has 1 fully saturated rings. The molecule has 3 N–H and O–H groups in total. The van der Waals surface area contributed by atoms with Crippen LogP contribution in [0.25, 0.3) is 0 Å². The molecule has 1 heterocycles. The zero-order valence-electron chi connectivity index (χ0n) is 13.2. The molecule has 0 amide bonds. The molecular formula is C17H29N3. The van der Waals surface area contributed by atoms with Crippen LogP contribution in [0.4, 0.5) is 0 Å². The molecular weight excluding hydrogens is 246 g/mol. The van der Waals surface area contributed by atoms with Gasteiger partial charge in [0.05, 0.1) is 6.04 Å². The predicted octanol–water partition coefficient (Wildman–Crippen LogP) is 3.15. The second-order valence-electron chi connectivity index (χ2n) is 6.51. The van der Waals surface area contributed by atoms with E-state index < -0.39 is 0 Å². The minimum atomic E-state index is 0.0191. The number of rotatable bonds is 4. The van der Waals surface area contributed by atoms with Crippen LogP contribution < -0.4 is 11.3 Å². The first-order valence-electron chi connectivity index (χ1n) is 7.84. The SMILES string of the molecule is Cc1ccccc1C(NN)C(C)(C)N1CCCCCC1. The van der Waals surface area contributed by atoms with Crippen LogP contribution in [0.2, 0.25) is 0 Å². The van der Waals surface area contributed by atoms with Gasteiger partial charge in [-0.3, -0.25) is 16.2 Å². The van der Waals surface area contributed by atoms with Crippen LogP contribution in [0.15, 0.2) is 24.3 Å². The summed E-state index contributed by atoms with van der Waals surface area (Å²) in [5.74, 6) is 5.93. The van der Waals surface area contributed by atoms with E-state index in [0.29, 0.717) is 0 Å². The standard InChI is InChI=1S/C17H29N3/c1-14-10-6-7-11-15(14)16(19-18)17(2,3)20-12-8-4-5-9-13-20/h6-7,10-11,16,19H,4-5,8-9,12-13,18H2,1-3H3. The predicted molar refractivity (Wildman–Crippen MR) is 85.4 cm³/mol. The van der Waals surface area contributed by atoms with Gasteiger partial charge in [0.15, 0.2) is 0 Å². The lowest BCUT2D eigenvalue weighted by molar-refractivity contribution is 0.0832. The molecule has 1 aliphatic heterocycles. The summed E-state index contributed by atoms with van der Waals surface area (Å²) in [4.78, 5) is 2.61. The van der Waals surface area contributed by atoms with Crippen LogP contribution >= 0.6 is 0 Å². The van der Waals surface area contributed by atoms with E-state index in [2.05, 4.69) is 55.4 Å². The summed E-state index contributed by atoms with van der Waals surface area (Å²) in [5.41, 5.74) is 5.71. The molecule has 0 bridgehead atoms. The molecule has 0 radical (unpaired) electrons. The van der Waals surface area contributed by atoms with Gasteiger partial charge in [0.25, 0.3) is 0 Å². The van der Waals surface area contributed by atoms with Crippen molar-refractivity contribution in [3.05, 3.63) is 35.4 Å². The van der Waals surface area contributed by atoms with Crippen molar-refractivity contribution in [3.8, 4) is 0 Å². The van der Waals surface area contributed by atoms with Crippen molar-refractivity contribution < 1.29 is 0 Å². The Hall–Kier alpha value is -0.900. The number of nitrogens with one attached hydrogen (secondary N) is 1. The quantitative estimate of drug-likeness (QED) is 0.655. The molecule has 3 nitrogen and oxygen atoms in total. The molecule has 112 valence electrons. The Labute approximate surface area is 123 Å². The number of nitrogens with two attached hydrogens (primary N) is 1. The van der Waals surface area contributed by atoms with Crippen LogP contribution in [-0.2, 0) is 0 Å². The highest BCUT2D eigenvalue weighted by Crippen LogP contribution is 2.33. The van der Waals surface area contributed by atoms with Gasteiger partial charge in [0.2, 0.25) is 0 Å². The minimum absolute atomic E-state index is 0.0191. The van der Waals surface area contributed by atoms with Crippen LogP contribution in [-0.4, -0.2) is 23.5 Å². The van der Waals surface area contributed by atoms with Gasteiger partial charge in [-0.15, -0.1) is 0 Å². The number of nitrogens with zero attached hydrogens (tertiary/aromatic N) is 1. The van der Waals surface area contributed by atoms with Crippen molar-refractivity contribution in [1.29, 1.82) is 0 Å². The van der Waals surface area contributed by atoms with Gasteiger partial charge in [-0.05, 0) is 57.8 Å². The molecule has 1 saturated heterocycles. The zero-order valence-corrected chi connectivity index (χ0v) is 13.2. The fourth-order valence-electron chi connectivity index (χ4n) is 3.41. The van der Waals surface area contributed by atoms with E-state index in [1.54, 1.807) is 0 Å². The van der Waals surface area contributed by atoms with Gasteiger partial charge in [-0.2, -0.15) is 0 Å². The molecule has 20 heavy (non-hydrogen) atoms. The smallest absolute Gasteiger partial charge is 0.0641 e.